The molecule has 0 radical (unpaired) electrons. The van der Waals surface area contributed by atoms with Crippen LogP contribution in [0.4, 0.5) is 5.69 Å². The van der Waals surface area contributed by atoms with Gasteiger partial charge >= 0.3 is 0 Å². The summed E-state index contributed by atoms with van der Waals surface area (Å²) in [4.78, 5) is 13.8. The SMILES string of the molecule is CCc1nnc(-c2ccc(OCC(=O)N(C)c3ccccc3)cc2)o1. The highest BCUT2D eigenvalue weighted by Gasteiger charge is 2.12. The number of hydrogen-bond donors (Lipinski definition) is 0. The molecule has 2 aromatic carbocycles. The van der Waals surface area contributed by atoms with Gasteiger partial charge in [0.05, 0.1) is 0 Å². The van der Waals surface area contributed by atoms with Crippen LogP contribution in [0.15, 0.2) is 59.0 Å². The molecule has 0 bridgehead atoms. The van der Waals surface area contributed by atoms with Gasteiger partial charge in [-0.05, 0) is 36.4 Å². The number of carbonyl (C=O) groups excluding carboxylic acids is 1. The van der Waals surface area contributed by atoms with Crippen LogP contribution in [0.2, 0.25) is 0 Å². The van der Waals surface area contributed by atoms with Crippen LogP contribution < -0.4 is 9.64 Å². The molecule has 1 amide bonds. The summed E-state index contributed by atoms with van der Waals surface area (Å²) in [6.45, 7) is 1.92. The number of likely N-dealkylation sites (N-methyl/N-ethyl adjacent to an activating group) is 1. The summed E-state index contributed by atoms with van der Waals surface area (Å²) in [5.41, 5.74) is 1.64. The molecule has 6 heteroatoms. The summed E-state index contributed by atoms with van der Waals surface area (Å²) in [5.74, 6) is 1.56. The van der Waals surface area contributed by atoms with Gasteiger partial charge in [-0.1, -0.05) is 25.1 Å². The van der Waals surface area contributed by atoms with E-state index >= 15 is 0 Å². The number of para-hydroxylation sites is 1. The fourth-order valence-corrected chi connectivity index (χ4v) is 2.24. The van der Waals surface area contributed by atoms with Crippen molar-refractivity contribution in [3.8, 4) is 17.2 Å². The van der Waals surface area contributed by atoms with Gasteiger partial charge in [0, 0.05) is 24.7 Å². The second-order valence-electron chi connectivity index (χ2n) is 5.46. The van der Waals surface area contributed by atoms with E-state index in [0.717, 1.165) is 11.3 Å². The van der Waals surface area contributed by atoms with Crippen molar-refractivity contribution in [3.63, 3.8) is 0 Å². The Morgan fingerprint density at radius 1 is 1.08 bits per heavy atom. The first-order valence-corrected chi connectivity index (χ1v) is 8.04. The molecule has 0 atom stereocenters. The second kappa shape index (κ2) is 7.61. The van der Waals surface area contributed by atoms with Crippen molar-refractivity contribution >= 4 is 11.6 Å². The molecule has 0 saturated carbocycles. The summed E-state index contributed by atoms with van der Waals surface area (Å²) in [5, 5.41) is 7.94. The second-order valence-corrected chi connectivity index (χ2v) is 5.46. The normalized spacial score (nSPS) is 10.5. The number of benzene rings is 2. The summed E-state index contributed by atoms with van der Waals surface area (Å²) >= 11 is 0. The van der Waals surface area contributed by atoms with Crippen molar-refractivity contribution in [2.24, 2.45) is 0 Å². The molecule has 6 nitrogen and oxygen atoms in total. The monoisotopic (exact) mass is 337 g/mol. The predicted octanol–water partition coefficient (Wildman–Crippen LogP) is 3.34. The first-order valence-electron chi connectivity index (χ1n) is 8.04. The Labute approximate surface area is 146 Å². The lowest BCUT2D eigenvalue weighted by molar-refractivity contribution is -0.120. The maximum atomic E-state index is 12.2. The van der Waals surface area contributed by atoms with Gasteiger partial charge < -0.3 is 14.1 Å². The molecule has 1 aromatic heterocycles. The molecule has 0 aliphatic heterocycles. The molecule has 0 saturated heterocycles. The molecule has 0 unspecified atom stereocenters. The minimum atomic E-state index is -0.125. The zero-order chi connectivity index (χ0) is 17.6. The van der Waals surface area contributed by atoms with Crippen molar-refractivity contribution in [3.05, 3.63) is 60.5 Å². The molecule has 0 aliphatic rings. The number of rotatable bonds is 6. The Morgan fingerprint density at radius 3 is 2.44 bits per heavy atom. The molecule has 0 spiro atoms. The summed E-state index contributed by atoms with van der Waals surface area (Å²) < 4.78 is 11.1. The van der Waals surface area contributed by atoms with E-state index in [0.29, 0.717) is 24.0 Å². The van der Waals surface area contributed by atoms with Gasteiger partial charge in [0.25, 0.3) is 5.91 Å². The van der Waals surface area contributed by atoms with Gasteiger partial charge in [0.1, 0.15) is 5.75 Å². The van der Waals surface area contributed by atoms with Crippen LogP contribution in [0.3, 0.4) is 0 Å². The minimum Gasteiger partial charge on any atom is -0.484 e. The van der Waals surface area contributed by atoms with Gasteiger partial charge in [-0.3, -0.25) is 4.79 Å². The minimum absolute atomic E-state index is 0.0364. The van der Waals surface area contributed by atoms with E-state index in [-0.39, 0.29) is 12.5 Å². The highest BCUT2D eigenvalue weighted by Crippen LogP contribution is 2.21. The lowest BCUT2D eigenvalue weighted by Crippen LogP contribution is -2.31. The predicted molar refractivity (Wildman–Crippen MR) is 94.5 cm³/mol. The third-order valence-corrected chi connectivity index (χ3v) is 3.75. The van der Waals surface area contributed by atoms with E-state index < -0.39 is 0 Å². The quantitative estimate of drug-likeness (QED) is 0.690. The van der Waals surface area contributed by atoms with Crippen LogP contribution >= 0.6 is 0 Å². The van der Waals surface area contributed by atoms with Crippen LogP contribution in [-0.4, -0.2) is 29.8 Å². The highest BCUT2D eigenvalue weighted by atomic mass is 16.5. The number of hydrogen-bond acceptors (Lipinski definition) is 5. The molecule has 3 rings (SSSR count). The molecular formula is C19H19N3O3. The number of aryl methyl sites for hydroxylation is 1. The van der Waals surface area contributed by atoms with Crippen LogP contribution in [0.1, 0.15) is 12.8 Å². The number of carbonyl (C=O) groups is 1. The van der Waals surface area contributed by atoms with Crippen LogP contribution in [-0.2, 0) is 11.2 Å². The molecule has 3 aromatic rings. The summed E-state index contributed by atoms with van der Waals surface area (Å²) in [7, 11) is 1.73. The maximum Gasteiger partial charge on any atom is 0.264 e. The van der Waals surface area contributed by atoms with E-state index in [1.54, 1.807) is 24.1 Å². The topological polar surface area (TPSA) is 68.5 Å². The third-order valence-electron chi connectivity index (χ3n) is 3.75. The number of ether oxygens (including phenoxy) is 1. The zero-order valence-corrected chi connectivity index (χ0v) is 14.2. The highest BCUT2D eigenvalue weighted by molar-refractivity contribution is 5.93. The van der Waals surface area contributed by atoms with E-state index in [1.165, 1.54) is 0 Å². The Balaban J connectivity index is 1.59. The van der Waals surface area contributed by atoms with Crippen molar-refractivity contribution < 1.29 is 13.9 Å². The van der Waals surface area contributed by atoms with E-state index in [9.17, 15) is 4.79 Å². The average molecular weight is 337 g/mol. The number of aromatic nitrogens is 2. The number of anilines is 1. The van der Waals surface area contributed by atoms with Gasteiger partial charge in [-0.2, -0.15) is 0 Å². The number of amides is 1. The summed E-state index contributed by atoms with van der Waals surface area (Å²) in [6.07, 6.45) is 0.700. The lowest BCUT2D eigenvalue weighted by Gasteiger charge is -2.17. The first-order chi connectivity index (χ1) is 12.2. The van der Waals surface area contributed by atoms with Crippen molar-refractivity contribution in [2.75, 3.05) is 18.6 Å². The standard InChI is InChI=1S/C19H19N3O3/c1-3-17-20-21-19(25-17)14-9-11-16(12-10-14)24-13-18(23)22(2)15-7-5-4-6-8-15/h4-12H,3,13H2,1-2H3. The van der Waals surface area contributed by atoms with Crippen molar-refractivity contribution in [1.29, 1.82) is 0 Å². The fourth-order valence-electron chi connectivity index (χ4n) is 2.24. The van der Waals surface area contributed by atoms with Crippen LogP contribution in [0.25, 0.3) is 11.5 Å². The molecule has 128 valence electrons. The third kappa shape index (κ3) is 4.03. The smallest absolute Gasteiger partial charge is 0.264 e. The van der Waals surface area contributed by atoms with Crippen LogP contribution in [0.5, 0.6) is 5.75 Å². The largest absolute Gasteiger partial charge is 0.484 e. The van der Waals surface area contributed by atoms with Crippen LogP contribution in [0, 0.1) is 0 Å². The fraction of sp³-hybridized carbons (Fsp3) is 0.211. The summed E-state index contributed by atoms with van der Waals surface area (Å²) in [6, 6.07) is 16.7. The Bertz CT molecular complexity index is 829. The van der Waals surface area contributed by atoms with E-state index in [4.69, 9.17) is 9.15 Å². The molecular weight excluding hydrogens is 318 g/mol. The molecule has 0 N–H and O–H groups in total. The Hall–Kier alpha value is -3.15. The van der Waals surface area contributed by atoms with Gasteiger partial charge in [0.15, 0.2) is 6.61 Å². The van der Waals surface area contributed by atoms with Crippen molar-refractivity contribution in [1.82, 2.24) is 10.2 Å². The Kier molecular flexibility index (Phi) is 5.09. The number of nitrogens with zero attached hydrogens (tertiary/aromatic N) is 3. The maximum absolute atomic E-state index is 12.2. The molecule has 0 fully saturated rings. The van der Waals surface area contributed by atoms with Gasteiger partial charge in [0.2, 0.25) is 11.8 Å². The zero-order valence-electron chi connectivity index (χ0n) is 14.2. The van der Waals surface area contributed by atoms with E-state index in [2.05, 4.69) is 10.2 Å². The molecule has 25 heavy (non-hydrogen) atoms. The Morgan fingerprint density at radius 2 is 1.80 bits per heavy atom. The van der Waals surface area contributed by atoms with Gasteiger partial charge in [-0.15, -0.1) is 10.2 Å². The lowest BCUT2D eigenvalue weighted by atomic mass is 10.2. The van der Waals surface area contributed by atoms with E-state index in [1.807, 2.05) is 49.4 Å². The van der Waals surface area contributed by atoms with Crippen molar-refractivity contribution in [2.45, 2.75) is 13.3 Å². The average Bonchev–Trinajstić information content (AvgIpc) is 3.16. The first kappa shape index (κ1) is 16.7. The van der Waals surface area contributed by atoms with Gasteiger partial charge in [-0.25, -0.2) is 0 Å². The molecule has 0 aliphatic carbocycles. The molecule has 1 heterocycles.